The van der Waals surface area contributed by atoms with E-state index in [2.05, 4.69) is 5.32 Å². The van der Waals surface area contributed by atoms with Gasteiger partial charge in [0.05, 0.1) is 11.7 Å². The van der Waals surface area contributed by atoms with E-state index < -0.39 is 11.4 Å². The van der Waals surface area contributed by atoms with Gasteiger partial charge >= 0.3 is 5.97 Å². The number of hydrogen-bond acceptors (Lipinski definition) is 3. The molecule has 1 amide bonds. The summed E-state index contributed by atoms with van der Waals surface area (Å²) in [4.78, 5) is 23.5. The topological polar surface area (TPSA) is 79.5 Å². The van der Waals surface area contributed by atoms with Gasteiger partial charge in [-0.3, -0.25) is 9.59 Å². The van der Waals surface area contributed by atoms with Crippen LogP contribution < -0.4 is 5.32 Å². The number of furan rings is 1. The van der Waals surface area contributed by atoms with Crippen LogP contribution in [0, 0.1) is 5.41 Å². The predicted molar refractivity (Wildman–Crippen MR) is 75.8 cm³/mol. The van der Waals surface area contributed by atoms with Crippen LogP contribution in [-0.2, 0) is 4.79 Å². The number of hydrogen-bond donors (Lipinski definition) is 2. The fraction of sp³-hybridized carbons (Fsp3) is 0.600. The van der Waals surface area contributed by atoms with Crippen LogP contribution in [0.1, 0.15) is 62.6 Å². The van der Waals surface area contributed by atoms with E-state index in [1.807, 2.05) is 27.7 Å². The van der Waals surface area contributed by atoms with Crippen molar-refractivity contribution >= 4 is 11.9 Å². The first-order chi connectivity index (χ1) is 9.38. The highest BCUT2D eigenvalue weighted by atomic mass is 16.4. The zero-order valence-electron chi connectivity index (χ0n) is 12.5. The van der Waals surface area contributed by atoms with Crippen molar-refractivity contribution in [2.24, 2.45) is 5.41 Å². The molecule has 0 aliphatic heterocycles. The minimum atomic E-state index is -0.916. The highest BCUT2D eigenvalue weighted by Crippen LogP contribution is 2.26. The van der Waals surface area contributed by atoms with E-state index in [1.54, 1.807) is 6.07 Å². The molecule has 1 heterocycles. The molecule has 0 fully saturated rings. The Bertz CT molecular complexity index is 472. The average molecular weight is 281 g/mol. The third-order valence-corrected chi connectivity index (χ3v) is 3.92. The van der Waals surface area contributed by atoms with Gasteiger partial charge in [0.1, 0.15) is 0 Å². The first kappa shape index (κ1) is 16.3. The van der Waals surface area contributed by atoms with Crippen LogP contribution in [0.5, 0.6) is 0 Å². The molecule has 0 atom stereocenters. The van der Waals surface area contributed by atoms with Crippen LogP contribution in [0.4, 0.5) is 0 Å². The van der Waals surface area contributed by atoms with Crippen LogP contribution in [0.2, 0.25) is 0 Å². The summed E-state index contributed by atoms with van der Waals surface area (Å²) in [5.74, 6) is -0.792. The minimum absolute atomic E-state index is 0.104. The van der Waals surface area contributed by atoms with Crippen molar-refractivity contribution in [3.8, 4) is 0 Å². The van der Waals surface area contributed by atoms with E-state index in [0.29, 0.717) is 12.8 Å². The zero-order valence-corrected chi connectivity index (χ0v) is 12.5. The number of carboxylic acid groups (broad SMARTS) is 1. The highest BCUT2D eigenvalue weighted by Gasteiger charge is 2.35. The van der Waals surface area contributed by atoms with Crippen molar-refractivity contribution in [2.75, 3.05) is 6.54 Å². The van der Waals surface area contributed by atoms with Crippen LogP contribution >= 0.6 is 0 Å². The summed E-state index contributed by atoms with van der Waals surface area (Å²) in [6.07, 6.45) is 2.41. The van der Waals surface area contributed by atoms with E-state index in [1.165, 1.54) is 6.26 Å². The molecule has 2 N–H and O–H groups in total. The number of carbonyl (C=O) groups is 2. The van der Waals surface area contributed by atoms with Gasteiger partial charge < -0.3 is 14.8 Å². The van der Waals surface area contributed by atoms with E-state index in [4.69, 9.17) is 4.42 Å². The lowest BCUT2D eigenvalue weighted by Gasteiger charge is -2.26. The number of nitrogens with one attached hydrogen (secondary N) is 1. The Kier molecular flexibility index (Phi) is 5.36. The molecule has 0 aliphatic rings. The quantitative estimate of drug-likeness (QED) is 0.805. The predicted octanol–water partition coefficient (Wildman–Crippen LogP) is 3.02. The molecule has 5 heteroatoms. The van der Waals surface area contributed by atoms with Gasteiger partial charge in [-0.2, -0.15) is 0 Å². The van der Waals surface area contributed by atoms with Gasteiger partial charge in [0.15, 0.2) is 5.76 Å². The molecule has 0 bridgehead atoms. The monoisotopic (exact) mass is 281 g/mol. The molecule has 1 aromatic heterocycles. The van der Waals surface area contributed by atoms with E-state index in [0.717, 1.165) is 5.56 Å². The van der Waals surface area contributed by atoms with Gasteiger partial charge in [0.25, 0.3) is 5.91 Å². The summed E-state index contributed by atoms with van der Waals surface area (Å²) in [6, 6.07) is 1.77. The molecular formula is C15H23NO4. The molecule has 112 valence electrons. The summed E-state index contributed by atoms with van der Waals surface area (Å²) in [7, 11) is 0. The van der Waals surface area contributed by atoms with Crippen LogP contribution in [-0.4, -0.2) is 23.5 Å². The summed E-state index contributed by atoms with van der Waals surface area (Å²) >= 11 is 0. The van der Waals surface area contributed by atoms with E-state index in [-0.39, 0.29) is 24.1 Å². The second-order valence-corrected chi connectivity index (χ2v) is 5.34. The summed E-state index contributed by atoms with van der Waals surface area (Å²) in [6.45, 7) is 7.68. The van der Waals surface area contributed by atoms with E-state index >= 15 is 0 Å². The average Bonchev–Trinajstić information content (AvgIpc) is 2.89. The molecule has 0 saturated heterocycles. The third-order valence-electron chi connectivity index (χ3n) is 3.92. The van der Waals surface area contributed by atoms with E-state index in [9.17, 15) is 14.7 Å². The van der Waals surface area contributed by atoms with Gasteiger partial charge in [0.2, 0.25) is 0 Å². The van der Waals surface area contributed by atoms with Crippen LogP contribution in [0.15, 0.2) is 16.7 Å². The van der Waals surface area contributed by atoms with Crippen LogP contribution in [0.25, 0.3) is 0 Å². The molecule has 0 saturated carbocycles. The fourth-order valence-electron chi connectivity index (χ4n) is 2.17. The molecule has 0 aliphatic carbocycles. The molecule has 1 rings (SSSR count). The standard InChI is InChI=1S/C15H23NO4/c1-5-15(6-2,14(18)19)9-16-13(17)12-11(10(3)4)7-8-20-12/h7-8,10H,5-6,9H2,1-4H3,(H,16,17)(H,18,19). The van der Waals surface area contributed by atoms with Gasteiger partial charge in [-0.25, -0.2) is 0 Å². The fourth-order valence-corrected chi connectivity index (χ4v) is 2.17. The number of aliphatic carboxylic acids is 1. The smallest absolute Gasteiger partial charge is 0.311 e. The van der Waals surface area contributed by atoms with Crippen molar-refractivity contribution in [1.29, 1.82) is 0 Å². The Balaban J connectivity index is 2.81. The molecule has 0 radical (unpaired) electrons. The summed E-state index contributed by atoms with van der Waals surface area (Å²) in [5, 5.41) is 12.0. The maximum Gasteiger partial charge on any atom is 0.311 e. The van der Waals surface area contributed by atoms with Crippen molar-refractivity contribution in [1.82, 2.24) is 5.32 Å². The molecule has 20 heavy (non-hydrogen) atoms. The Morgan fingerprint density at radius 2 is 1.95 bits per heavy atom. The van der Waals surface area contributed by atoms with Gasteiger partial charge in [0, 0.05) is 12.1 Å². The Hall–Kier alpha value is -1.78. The number of carbonyl (C=O) groups excluding carboxylic acids is 1. The van der Waals surface area contributed by atoms with Crippen LogP contribution in [0.3, 0.4) is 0 Å². The number of amides is 1. The molecule has 5 nitrogen and oxygen atoms in total. The van der Waals surface area contributed by atoms with Gasteiger partial charge in [-0.15, -0.1) is 0 Å². The van der Waals surface area contributed by atoms with Crippen molar-refractivity contribution in [2.45, 2.75) is 46.5 Å². The van der Waals surface area contributed by atoms with Gasteiger partial charge in [-0.1, -0.05) is 27.7 Å². The molecule has 1 aromatic rings. The van der Waals surface area contributed by atoms with Crippen molar-refractivity contribution < 1.29 is 19.1 Å². The lowest BCUT2D eigenvalue weighted by atomic mass is 9.82. The lowest BCUT2D eigenvalue weighted by Crippen LogP contribution is -2.42. The van der Waals surface area contributed by atoms with Crippen molar-refractivity contribution in [3.63, 3.8) is 0 Å². The zero-order chi connectivity index (χ0) is 15.3. The number of rotatable bonds is 7. The maximum atomic E-state index is 12.1. The second kappa shape index (κ2) is 6.59. The normalized spacial score (nSPS) is 11.7. The SMILES string of the molecule is CCC(CC)(CNC(=O)c1occc1C(C)C)C(=O)O. The first-order valence-corrected chi connectivity index (χ1v) is 6.97. The summed E-state index contributed by atoms with van der Waals surface area (Å²) < 4.78 is 5.22. The van der Waals surface area contributed by atoms with Crippen molar-refractivity contribution in [3.05, 3.63) is 23.7 Å². The Morgan fingerprint density at radius 1 is 1.35 bits per heavy atom. The second-order valence-electron chi connectivity index (χ2n) is 5.34. The molecule has 0 aromatic carbocycles. The highest BCUT2D eigenvalue weighted by molar-refractivity contribution is 5.93. The van der Waals surface area contributed by atoms with Gasteiger partial charge in [-0.05, 0) is 24.8 Å². The first-order valence-electron chi connectivity index (χ1n) is 6.97. The Labute approximate surface area is 119 Å². The minimum Gasteiger partial charge on any atom is -0.481 e. The molecule has 0 spiro atoms. The Morgan fingerprint density at radius 3 is 2.40 bits per heavy atom. The maximum absolute atomic E-state index is 12.1. The summed E-state index contributed by atoms with van der Waals surface area (Å²) in [5.41, 5.74) is -0.0864. The lowest BCUT2D eigenvalue weighted by molar-refractivity contribution is -0.149. The third kappa shape index (κ3) is 3.21. The molecular weight excluding hydrogens is 258 g/mol. The number of carboxylic acids is 1. The largest absolute Gasteiger partial charge is 0.481 e. The molecule has 0 unspecified atom stereocenters.